The summed E-state index contributed by atoms with van der Waals surface area (Å²) in [7, 11) is 0. The summed E-state index contributed by atoms with van der Waals surface area (Å²) < 4.78 is 12.3. The summed E-state index contributed by atoms with van der Waals surface area (Å²) in [6.07, 6.45) is 11.2. The summed E-state index contributed by atoms with van der Waals surface area (Å²) >= 11 is 0. The Labute approximate surface area is 162 Å². The molecule has 0 spiro atoms. The molecule has 0 radical (unpaired) electrons. The maximum Gasteiger partial charge on any atom is 0.221 e. The highest BCUT2D eigenvalue weighted by Crippen LogP contribution is 2.46. The van der Waals surface area contributed by atoms with Crippen LogP contribution in [0.4, 0.5) is 0 Å². The normalized spacial score (nSPS) is 25.5. The van der Waals surface area contributed by atoms with Crippen molar-refractivity contribution in [3.63, 3.8) is 0 Å². The van der Waals surface area contributed by atoms with Crippen LogP contribution in [0, 0.1) is 12.8 Å². The van der Waals surface area contributed by atoms with Crippen LogP contribution in [-0.2, 0) is 0 Å². The lowest BCUT2D eigenvalue weighted by Crippen LogP contribution is -2.47. The van der Waals surface area contributed by atoms with Crippen molar-refractivity contribution in [3.8, 4) is 11.6 Å². The SMILES string of the molecule is CCCCOc1nccc2cc(OC3CCC(N)(C4CC4)CC3)c(C)cc12. The number of ether oxygens (including phenoxy) is 2. The van der Waals surface area contributed by atoms with E-state index in [-0.39, 0.29) is 11.6 Å². The van der Waals surface area contributed by atoms with Gasteiger partial charge in [-0.1, -0.05) is 13.3 Å². The van der Waals surface area contributed by atoms with E-state index in [0.717, 1.165) is 72.4 Å². The Kier molecular flexibility index (Phi) is 5.27. The number of nitrogens with zero attached hydrogens (tertiary/aromatic N) is 1. The van der Waals surface area contributed by atoms with Gasteiger partial charge in [0.25, 0.3) is 0 Å². The first-order chi connectivity index (χ1) is 13.1. The van der Waals surface area contributed by atoms with Crippen molar-refractivity contribution in [2.45, 2.75) is 76.9 Å². The zero-order valence-electron chi connectivity index (χ0n) is 16.7. The van der Waals surface area contributed by atoms with E-state index in [4.69, 9.17) is 15.2 Å². The third-order valence-electron chi connectivity index (χ3n) is 6.31. The summed E-state index contributed by atoms with van der Waals surface area (Å²) in [5, 5.41) is 2.19. The van der Waals surface area contributed by atoms with E-state index < -0.39 is 0 Å². The first-order valence-corrected chi connectivity index (χ1v) is 10.6. The highest BCUT2D eigenvalue weighted by atomic mass is 16.5. The number of hydrogen-bond donors (Lipinski definition) is 1. The Bertz CT molecular complexity index is 792. The second kappa shape index (κ2) is 7.67. The summed E-state index contributed by atoms with van der Waals surface area (Å²) in [6.45, 7) is 4.99. The van der Waals surface area contributed by atoms with E-state index in [0.29, 0.717) is 6.61 Å². The van der Waals surface area contributed by atoms with Crippen LogP contribution >= 0.6 is 0 Å². The molecule has 2 aromatic rings. The van der Waals surface area contributed by atoms with E-state index >= 15 is 0 Å². The zero-order chi connectivity index (χ0) is 18.9. The molecule has 2 saturated carbocycles. The number of pyridine rings is 1. The Balaban J connectivity index is 1.47. The standard InChI is InChI=1S/C23H32N2O2/c1-3-4-13-26-22-20-14-16(2)21(15-17(20)9-12-25-22)27-19-7-10-23(24,11-8-19)18-5-6-18/h9,12,14-15,18-19H,3-8,10-11,13,24H2,1-2H3. The van der Waals surface area contributed by atoms with Crippen LogP contribution in [0.1, 0.15) is 63.9 Å². The topological polar surface area (TPSA) is 57.4 Å². The second-order valence-electron chi connectivity index (χ2n) is 8.48. The molecule has 0 atom stereocenters. The molecular weight excluding hydrogens is 336 g/mol. The first-order valence-electron chi connectivity index (χ1n) is 10.6. The predicted octanol–water partition coefficient (Wildman–Crippen LogP) is 5.15. The average Bonchev–Trinajstić information content (AvgIpc) is 3.51. The smallest absolute Gasteiger partial charge is 0.221 e. The van der Waals surface area contributed by atoms with Crippen molar-refractivity contribution in [1.29, 1.82) is 0 Å². The zero-order valence-corrected chi connectivity index (χ0v) is 16.7. The van der Waals surface area contributed by atoms with Crippen LogP contribution in [0.2, 0.25) is 0 Å². The molecule has 1 aromatic heterocycles. The van der Waals surface area contributed by atoms with Gasteiger partial charge < -0.3 is 15.2 Å². The molecule has 0 saturated heterocycles. The number of aryl methyl sites for hydroxylation is 1. The minimum Gasteiger partial charge on any atom is -0.490 e. The first kappa shape index (κ1) is 18.5. The van der Waals surface area contributed by atoms with Gasteiger partial charge in [0.05, 0.1) is 12.7 Å². The Morgan fingerprint density at radius 1 is 1.19 bits per heavy atom. The number of benzene rings is 1. The number of fused-ring (bicyclic) bond motifs is 1. The highest BCUT2D eigenvalue weighted by Gasteiger charge is 2.44. The molecule has 0 unspecified atom stereocenters. The van der Waals surface area contributed by atoms with Gasteiger partial charge >= 0.3 is 0 Å². The summed E-state index contributed by atoms with van der Waals surface area (Å²) in [5.41, 5.74) is 7.83. The monoisotopic (exact) mass is 368 g/mol. The maximum atomic E-state index is 6.61. The number of unbranched alkanes of at least 4 members (excludes halogenated alkanes) is 1. The van der Waals surface area contributed by atoms with E-state index in [9.17, 15) is 0 Å². The minimum atomic E-state index is 0.0781. The van der Waals surface area contributed by atoms with Gasteiger partial charge in [-0.2, -0.15) is 0 Å². The molecule has 2 N–H and O–H groups in total. The van der Waals surface area contributed by atoms with E-state index in [1.165, 1.54) is 12.8 Å². The summed E-state index contributed by atoms with van der Waals surface area (Å²) in [4.78, 5) is 4.43. The lowest BCUT2D eigenvalue weighted by molar-refractivity contribution is 0.109. The molecule has 4 nitrogen and oxygen atoms in total. The summed E-state index contributed by atoms with van der Waals surface area (Å²) in [6, 6.07) is 6.33. The lowest BCUT2D eigenvalue weighted by Gasteiger charge is -2.37. The van der Waals surface area contributed by atoms with E-state index in [1.807, 2.05) is 12.3 Å². The van der Waals surface area contributed by atoms with Gasteiger partial charge in [0.1, 0.15) is 5.75 Å². The molecule has 4 heteroatoms. The molecule has 146 valence electrons. The molecule has 4 rings (SSSR count). The van der Waals surface area contributed by atoms with Crippen LogP contribution in [0.3, 0.4) is 0 Å². The van der Waals surface area contributed by atoms with Gasteiger partial charge in [0, 0.05) is 17.1 Å². The largest absolute Gasteiger partial charge is 0.490 e. The van der Waals surface area contributed by atoms with Crippen LogP contribution in [0.25, 0.3) is 10.8 Å². The highest BCUT2D eigenvalue weighted by molar-refractivity contribution is 5.88. The Morgan fingerprint density at radius 2 is 1.96 bits per heavy atom. The van der Waals surface area contributed by atoms with Crippen LogP contribution in [0.5, 0.6) is 11.6 Å². The molecule has 2 fully saturated rings. The van der Waals surface area contributed by atoms with Crippen molar-refractivity contribution in [3.05, 3.63) is 30.0 Å². The van der Waals surface area contributed by atoms with Crippen molar-refractivity contribution < 1.29 is 9.47 Å². The second-order valence-corrected chi connectivity index (χ2v) is 8.48. The fourth-order valence-electron chi connectivity index (χ4n) is 4.33. The molecule has 2 aliphatic rings. The fraction of sp³-hybridized carbons (Fsp3) is 0.609. The van der Waals surface area contributed by atoms with Crippen molar-refractivity contribution in [1.82, 2.24) is 4.98 Å². The summed E-state index contributed by atoms with van der Waals surface area (Å²) in [5.74, 6) is 2.47. The van der Waals surface area contributed by atoms with Crippen molar-refractivity contribution >= 4 is 10.8 Å². The van der Waals surface area contributed by atoms with Gasteiger partial charge in [-0.05, 0) is 86.9 Å². The fourth-order valence-corrected chi connectivity index (χ4v) is 4.33. The molecule has 1 heterocycles. The molecule has 1 aromatic carbocycles. The predicted molar refractivity (Wildman–Crippen MR) is 109 cm³/mol. The average molecular weight is 369 g/mol. The molecular formula is C23H32N2O2. The number of nitrogens with two attached hydrogens (primary N) is 1. The Hall–Kier alpha value is -1.81. The van der Waals surface area contributed by atoms with Gasteiger partial charge in [-0.25, -0.2) is 4.98 Å². The quantitative estimate of drug-likeness (QED) is 0.687. The minimum absolute atomic E-state index is 0.0781. The van der Waals surface area contributed by atoms with Crippen molar-refractivity contribution in [2.24, 2.45) is 11.7 Å². The van der Waals surface area contributed by atoms with Crippen LogP contribution < -0.4 is 15.2 Å². The lowest BCUT2D eigenvalue weighted by atomic mass is 9.78. The third kappa shape index (κ3) is 4.06. The number of aromatic nitrogens is 1. The van der Waals surface area contributed by atoms with Crippen molar-refractivity contribution in [2.75, 3.05) is 6.61 Å². The molecule has 27 heavy (non-hydrogen) atoms. The number of rotatable bonds is 7. The van der Waals surface area contributed by atoms with Crippen LogP contribution in [0.15, 0.2) is 24.4 Å². The maximum absolute atomic E-state index is 6.61. The molecule has 2 aliphatic carbocycles. The Morgan fingerprint density at radius 3 is 2.67 bits per heavy atom. The van der Waals surface area contributed by atoms with Gasteiger partial charge in [0.15, 0.2) is 0 Å². The van der Waals surface area contributed by atoms with Gasteiger partial charge in [0.2, 0.25) is 5.88 Å². The third-order valence-corrected chi connectivity index (χ3v) is 6.31. The van der Waals surface area contributed by atoms with E-state index in [1.54, 1.807) is 0 Å². The molecule has 0 amide bonds. The molecule has 0 bridgehead atoms. The number of hydrogen-bond acceptors (Lipinski definition) is 4. The van der Waals surface area contributed by atoms with E-state index in [2.05, 4.69) is 31.0 Å². The van der Waals surface area contributed by atoms with Gasteiger partial charge in [-0.15, -0.1) is 0 Å². The van der Waals surface area contributed by atoms with Crippen LogP contribution in [-0.4, -0.2) is 23.2 Å². The molecule has 0 aliphatic heterocycles. The van der Waals surface area contributed by atoms with Gasteiger partial charge in [-0.3, -0.25) is 0 Å².